The van der Waals surface area contributed by atoms with Crippen molar-refractivity contribution in [3.05, 3.63) is 21.9 Å². The molecule has 0 unspecified atom stereocenters. The van der Waals surface area contributed by atoms with Crippen LogP contribution in [0, 0.1) is 0 Å². The Morgan fingerprint density at radius 1 is 1.38 bits per heavy atom. The third kappa shape index (κ3) is 1.55. The van der Waals surface area contributed by atoms with Crippen LogP contribution in [-0.4, -0.2) is 11.7 Å². The molecule has 5 heteroatoms. The second-order valence-corrected chi connectivity index (χ2v) is 3.76. The number of guanidine groups is 1. The van der Waals surface area contributed by atoms with Crippen molar-refractivity contribution in [3.63, 3.8) is 0 Å². The van der Waals surface area contributed by atoms with Gasteiger partial charge in [-0.05, 0) is 29.9 Å². The highest BCUT2D eigenvalue weighted by Gasteiger charge is 2.18. The third-order valence-electron chi connectivity index (χ3n) is 1.93. The van der Waals surface area contributed by atoms with Crippen molar-refractivity contribution in [2.24, 2.45) is 21.7 Å². The lowest BCUT2D eigenvalue weighted by atomic mass is 10.3. The number of nitrogens with zero attached hydrogens (tertiary/aromatic N) is 2. The predicted octanol–water partition coefficient (Wildman–Crippen LogP) is 0.672. The van der Waals surface area contributed by atoms with Crippen molar-refractivity contribution < 1.29 is 0 Å². The minimum atomic E-state index is 0.0116. The van der Waals surface area contributed by atoms with Crippen molar-refractivity contribution in [1.29, 1.82) is 0 Å². The fourth-order valence-electron chi connectivity index (χ4n) is 1.37. The zero-order valence-electron chi connectivity index (χ0n) is 7.03. The molecule has 1 aromatic heterocycles. The molecule has 0 fully saturated rings. The van der Waals surface area contributed by atoms with E-state index in [-0.39, 0.29) is 5.96 Å². The number of fused-ring (bicyclic) bond motifs is 1. The summed E-state index contributed by atoms with van der Waals surface area (Å²) in [6, 6.07) is 2.12. The summed E-state index contributed by atoms with van der Waals surface area (Å²) < 4.78 is 0. The highest BCUT2D eigenvalue weighted by molar-refractivity contribution is 7.12. The number of hydrogen-bond donors (Lipinski definition) is 2. The molecule has 0 bridgehead atoms. The molecule has 0 amide bonds. The normalized spacial score (nSPS) is 17.4. The maximum atomic E-state index is 5.19. The van der Waals surface area contributed by atoms with Crippen LogP contribution in [0.15, 0.2) is 21.6 Å². The van der Waals surface area contributed by atoms with E-state index in [9.17, 15) is 0 Å². The van der Waals surface area contributed by atoms with E-state index in [4.69, 9.17) is 11.5 Å². The second-order valence-electron chi connectivity index (χ2n) is 2.85. The molecule has 0 saturated heterocycles. The minimum Gasteiger partial charge on any atom is -0.369 e. The lowest BCUT2D eigenvalue weighted by Gasteiger charge is -1.91. The van der Waals surface area contributed by atoms with Gasteiger partial charge in [0, 0.05) is 0 Å². The summed E-state index contributed by atoms with van der Waals surface area (Å²) >= 11 is 1.69. The smallest absolute Gasteiger partial charge is 0.211 e. The summed E-state index contributed by atoms with van der Waals surface area (Å²) in [6.45, 7) is 0. The number of thiophene rings is 1. The van der Waals surface area contributed by atoms with E-state index in [1.54, 1.807) is 11.3 Å². The van der Waals surface area contributed by atoms with Gasteiger partial charge in [-0.25, -0.2) is 0 Å². The van der Waals surface area contributed by atoms with Crippen molar-refractivity contribution in [2.75, 3.05) is 0 Å². The quantitative estimate of drug-likeness (QED) is 0.391. The SMILES string of the molecule is NC(N)=N/N=C1/CCc2ccsc21. The number of nitrogens with two attached hydrogens (primary N) is 2. The van der Waals surface area contributed by atoms with E-state index < -0.39 is 0 Å². The maximum Gasteiger partial charge on any atom is 0.211 e. The largest absolute Gasteiger partial charge is 0.369 e. The highest BCUT2D eigenvalue weighted by Crippen LogP contribution is 2.27. The first-order valence-electron chi connectivity index (χ1n) is 3.99. The van der Waals surface area contributed by atoms with Gasteiger partial charge in [0.25, 0.3) is 0 Å². The van der Waals surface area contributed by atoms with E-state index >= 15 is 0 Å². The molecule has 4 N–H and O–H groups in total. The van der Waals surface area contributed by atoms with Gasteiger partial charge >= 0.3 is 0 Å². The van der Waals surface area contributed by atoms with E-state index in [1.165, 1.54) is 10.4 Å². The van der Waals surface area contributed by atoms with Gasteiger partial charge in [0.05, 0.1) is 10.6 Å². The standard InChI is InChI=1S/C8H10N4S/c9-8(10)12-11-6-2-1-5-3-4-13-7(5)6/h3-4H,1-2H2,(H4,9,10,12)/b11-6-. The van der Waals surface area contributed by atoms with Crippen LogP contribution in [0.4, 0.5) is 0 Å². The molecule has 0 aliphatic heterocycles. The van der Waals surface area contributed by atoms with Gasteiger partial charge in [-0.3, -0.25) is 0 Å². The van der Waals surface area contributed by atoms with E-state index in [2.05, 4.69) is 21.6 Å². The molecule has 68 valence electrons. The van der Waals surface area contributed by atoms with Gasteiger partial charge in [-0.1, -0.05) is 0 Å². The van der Waals surface area contributed by atoms with Gasteiger partial charge in [-0.2, -0.15) is 5.10 Å². The summed E-state index contributed by atoms with van der Waals surface area (Å²) in [5.74, 6) is 0.0116. The van der Waals surface area contributed by atoms with E-state index in [1.807, 2.05) is 0 Å². The van der Waals surface area contributed by atoms with Crippen LogP contribution >= 0.6 is 11.3 Å². The van der Waals surface area contributed by atoms with Crippen molar-refractivity contribution in [3.8, 4) is 0 Å². The zero-order chi connectivity index (χ0) is 9.26. The fourth-order valence-corrected chi connectivity index (χ4v) is 2.33. The molecule has 0 radical (unpaired) electrons. The summed E-state index contributed by atoms with van der Waals surface area (Å²) in [4.78, 5) is 1.23. The van der Waals surface area contributed by atoms with E-state index in [0.717, 1.165) is 18.6 Å². The molecule has 13 heavy (non-hydrogen) atoms. The number of rotatable bonds is 1. The molecule has 1 aliphatic rings. The Hall–Kier alpha value is -1.36. The monoisotopic (exact) mass is 194 g/mol. The Bertz CT molecular complexity index is 373. The highest BCUT2D eigenvalue weighted by atomic mass is 32.1. The summed E-state index contributed by atoms with van der Waals surface area (Å²) in [7, 11) is 0. The summed E-state index contributed by atoms with van der Waals surface area (Å²) in [5.41, 5.74) is 12.7. The number of hydrogen-bond acceptors (Lipinski definition) is 3. The zero-order valence-corrected chi connectivity index (χ0v) is 7.84. The Kier molecular flexibility index (Phi) is 2.02. The molecule has 0 aromatic carbocycles. The molecular weight excluding hydrogens is 184 g/mol. The Balaban J connectivity index is 2.30. The van der Waals surface area contributed by atoms with Crippen molar-refractivity contribution in [1.82, 2.24) is 0 Å². The lowest BCUT2D eigenvalue weighted by molar-refractivity contribution is 1.08. The predicted molar refractivity (Wildman–Crippen MR) is 55.0 cm³/mol. The maximum absolute atomic E-state index is 5.19. The van der Waals surface area contributed by atoms with Crippen molar-refractivity contribution >= 4 is 23.0 Å². The Morgan fingerprint density at radius 2 is 2.23 bits per heavy atom. The number of aryl methyl sites for hydroxylation is 1. The van der Waals surface area contributed by atoms with Crippen LogP contribution in [0.5, 0.6) is 0 Å². The molecule has 1 aliphatic carbocycles. The average Bonchev–Trinajstić information content (AvgIpc) is 2.60. The summed E-state index contributed by atoms with van der Waals surface area (Å²) in [6.07, 6.45) is 2.00. The Labute approximate surface area is 80.0 Å². The van der Waals surface area contributed by atoms with Crippen LogP contribution < -0.4 is 11.5 Å². The van der Waals surface area contributed by atoms with E-state index in [0.29, 0.717) is 0 Å². The van der Waals surface area contributed by atoms with Crippen molar-refractivity contribution in [2.45, 2.75) is 12.8 Å². The van der Waals surface area contributed by atoms with Gasteiger partial charge in [0.15, 0.2) is 0 Å². The Morgan fingerprint density at radius 3 is 3.00 bits per heavy atom. The molecule has 0 atom stereocenters. The minimum absolute atomic E-state index is 0.0116. The lowest BCUT2D eigenvalue weighted by Crippen LogP contribution is -2.22. The second kappa shape index (κ2) is 3.18. The van der Waals surface area contributed by atoms with Gasteiger partial charge < -0.3 is 11.5 Å². The van der Waals surface area contributed by atoms with Crippen LogP contribution in [0.25, 0.3) is 0 Å². The topological polar surface area (TPSA) is 76.8 Å². The fraction of sp³-hybridized carbons (Fsp3) is 0.250. The van der Waals surface area contributed by atoms with Crippen LogP contribution in [0.1, 0.15) is 16.9 Å². The van der Waals surface area contributed by atoms with Crippen LogP contribution in [0.2, 0.25) is 0 Å². The first-order chi connectivity index (χ1) is 6.27. The first-order valence-corrected chi connectivity index (χ1v) is 4.87. The molecule has 4 nitrogen and oxygen atoms in total. The first kappa shape index (κ1) is 8.25. The van der Waals surface area contributed by atoms with Gasteiger partial charge in [0.1, 0.15) is 0 Å². The molecule has 0 saturated carbocycles. The third-order valence-corrected chi connectivity index (χ3v) is 2.93. The van der Waals surface area contributed by atoms with Gasteiger partial charge in [0.2, 0.25) is 5.96 Å². The average molecular weight is 194 g/mol. The van der Waals surface area contributed by atoms with Gasteiger partial charge in [-0.15, -0.1) is 16.4 Å². The molecule has 1 heterocycles. The molecular formula is C8H10N4S. The van der Waals surface area contributed by atoms with Crippen LogP contribution in [0.3, 0.4) is 0 Å². The molecule has 1 aromatic rings. The molecule has 0 spiro atoms. The molecule has 2 rings (SSSR count). The van der Waals surface area contributed by atoms with Crippen LogP contribution in [-0.2, 0) is 6.42 Å². The summed E-state index contributed by atoms with van der Waals surface area (Å²) in [5, 5.41) is 9.72.